The number of rotatable bonds is 19. The standard InChI is InChI=1S/C42H57F4N7O3/c1-8-10-13-33-49-37-38(53(33)17-12-11-16-50(6)7)29-22-28(14-15-32(29)48-40(37)47)52-20-18-51(19-21-52)25-42(5,9-2)27-55-26-41(3,4)24-34(54)56-39-35(45)30(43)23-31(44)36(39)46/h9,14-15,22-23H,2,8,10-13,16-21,24-27H2,1,3-7H3,(H2,47,48). The molecule has 1 unspecified atom stereocenters. The smallest absolute Gasteiger partial charge is 0.312 e. The van der Waals surface area contributed by atoms with Gasteiger partial charge in [0.2, 0.25) is 17.4 Å². The van der Waals surface area contributed by atoms with Gasteiger partial charge in [0, 0.05) is 68.2 Å². The molecule has 306 valence electrons. The molecule has 14 heteroatoms. The van der Waals surface area contributed by atoms with Gasteiger partial charge in [-0.25, -0.2) is 18.7 Å². The summed E-state index contributed by atoms with van der Waals surface area (Å²) in [6.07, 6.45) is 6.74. The van der Waals surface area contributed by atoms with Crippen LogP contribution in [0.1, 0.15) is 65.6 Å². The summed E-state index contributed by atoms with van der Waals surface area (Å²) in [5, 5.41) is 1.06. The van der Waals surface area contributed by atoms with Gasteiger partial charge in [-0.05, 0) is 63.5 Å². The minimum atomic E-state index is -1.77. The van der Waals surface area contributed by atoms with E-state index in [1.807, 2.05) is 6.08 Å². The average molecular weight is 784 g/mol. The average Bonchev–Trinajstić information content (AvgIpc) is 3.52. The summed E-state index contributed by atoms with van der Waals surface area (Å²) in [6, 6.07) is 6.48. The van der Waals surface area contributed by atoms with Crippen molar-refractivity contribution in [3.05, 3.63) is 66.0 Å². The van der Waals surface area contributed by atoms with Gasteiger partial charge in [0.25, 0.3) is 0 Å². The maximum Gasteiger partial charge on any atom is 0.312 e. The Kier molecular flexibility index (Phi) is 14.0. The number of aryl methyl sites for hydroxylation is 2. The summed E-state index contributed by atoms with van der Waals surface area (Å²) in [7, 11) is 4.20. The number of pyridine rings is 1. The highest BCUT2D eigenvalue weighted by Crippen LogP contribution is 2.34. The first-order valence-electron chi connectivity index (χ1n) is 19.5. The van der Waals surface area contributed by atoms with Crippen molar-refractivity contribution in [2.45, 2.75) is 72.8 Å². The van der Waals surface area contributed by atoms with E-state index in [1.165, 1.54) is 0 Å². The van der Waals surface area contributed by atoms with E-state index in [2.05, 4.69) is 72.0 Å². The molecule has 2 aromatic heterocycles. The van der Waals surface area contributed by atoms with Crippen molar-refractivity contribution in [3.8, 4) is 5.75 Å². The van der Waals surface area contributed by atoms with Crippen molar-refractivity contribution in [1.29, 1.82) is 0 Å². The first kappa shape index (κ1) is 42.9. The largest absolute Gasteiger partial charge is 0.420 e. The minimum Gasteiger partial charge on any atom is -0.420 e. The molecule has 1 saturated heterocycles. The van der Waals surface area contributed by atoms with Gasteiger partial charge in [-0.3, -0.25) is 9.69 Å². The number of anilines is 2. The summed E-state index contributed by atoms with van der Waals surface area (Å²) in [5.41, 5.74) is 9.12. The first-order valence-corrected chi connectivity index (χ1v) is 19.5. The Morgan fingerprint density at radius 3 is 2.32 bits per heavy atom. The molecule has 1 fully saturated rings. The number of ether oxygens (including phenoxy) is 2. The quantitative estimate of drug-likeness (QED) is 0.0256. The predicted octanol–water partition coefficient (Wildman–Crippen LogP) is 7.76. The summed E-state index contributed by atoms with van der Waals surface area (Å²) in [4.78, 5) is 29.3. The molecule has 2 N–H and O–H groups in total. The number of nitrogen functional groups attached to an aromatic ring is 1. The lowest BCUT2D eigenvalue weighted by Crippen LogP contribution is -2.50. The first-order chi connectivity index (χ1) is 26.5. The molecule has 5 rings (SSSR count). The zero-order chi connectivity index (χ0) is 40.8. The highest BCUT2D eigenvalue weighted by atomic mass is 19.2. The van der Waals surface area contributed by atoms with Crippen LogP contribution < -0.4 is 15.4 Å². The summed E-state index contributed by atoms with van der Waals surface area (Å²) >= 11 is 0. The Hall–Kier alpha value is -4.27. The zero-order valence-corrected chi connectivity index (χ0v) is 33.7. The molecule has 0 amide bonds. The highest BCUT2D eigenvalue weighted by molar-refractivity contribution is 6.07. The molecule has 10 nitrogen and oxygen atoms in total. The molecule has 3 heterocycles. The number of carbonyl (C=O) groups is 1. The summed E-state index contributed by atoms with van der Waals surface area (Å²) < 4.78 is 68.4. The molecule has 0 aliphatic carbocycles. The lowest BCUT2D eigenvalue weighted by Gasteiger charge is -2.40. The van der Waals surface area contributed by atoms with Crippen molar-refractivity contribution in [2.24, 2.45) is 10.8 Å². The van der Waals surface area contributed by atoms with Crippen molar-refractivity contribution >= 4 is 39.4 Å². The highest BCUT2D eigenvalue weighted by Gasteiger charge is 2.31. The number of benzene rings is 2. The van der Waals surface area contributed by atoms with Crippen molar-refractivity contribution < 1.29 is 31.8 Å². The number of aromatic nitrogens is 3. The number of fused-ring (bicyclic) bond motifs is 3. The van der Waals surface area contributed by atoms with E-state index in [0.717, 1.165) is 105 Å². The number of imidazole rings is 1. The molecule has 1 aliphatic rings. The van der Waals surface area contributed by atoms with Gasteiger partial charge < -0.3 is 29.6 Å². The number of hydrogen-bond donors (Lipinski definition) is 1. The monoisotopic (exact) mass is 783 g/mol. The number of nitrogens with two attached hydrogens (primary N) is 1. The molecule has 1 aliphatic heterocycles. The van der Waals surface area contributed by atoms with Crippen molar-refractivity contribution in [2.75, 3.05) is 77.2 Å². The maximum atomic E-state index is 14.0. The van der Waals surface area contributed by atoms with E-state index in [-0.39, 0.29) is 19.1 Å². The van der Waals surface area contributed by atoms with Crippen LogP contribution in [0.3, 0.4) is 0 Å². The number of piperazine rings is 1. The summed E-state index contributed by atoms with van der Waals surface area (Å²) in [6.45, 7) is 18.1. The molecule has 56 heavy (non-hydrogen) atoms. The number of carbonyl (C=O) groups excluding carboxylic acids is 1. The van der Waals surface area contributed by atoms with Crippen LogP contribution in [0.4, 0.5) is 29.1 Å². The topological polar surface area (TPSA) is 102 Å². The fourth-order valence-electron chi connectivity index (χ4n) is 7.24. The Labute approximate surface area is 327 Å². The number of unbranched alkanes of at least 4 members (excludes halogenated alkanes) is 2. The van der Waals surface area contributed by atoms with E-state index < -0.39 is 45.8 Å². The van der Waals surface area contributed by atoms with Gasteiger partial charge in [-0.15, -0.1) is 6.58 Å². The van der Waals surface area contributed by atoms with Crippen LogP contribution in [-0.2, 0) is 22.5 Å². The second-order valence-electron chi connectivity index (χ2n) is 16.4. The van der Waals surface area contributed by atoms with Gasteiger partial charge >= 0.3 is 5.97 Å². The minimum absolute atomic E-state index is 0.0578. The number of esters is 1. The van der Waals surface area contributed by atoms with E-state index in [9.17, 15) is 22.4 Å². The normalized spacial score (nSPS) is 15.2. The number of halogens is 4. The van der Waals surface area contributed by atoms with Gasteiger partial charge in [-0.2, -0.15) is 8.78 Å². The lowest BCUT2D eigenvalue weighted by molar-refractivity contribution is -0.138. The van der Waals surface area contributed by atoms with Gasteiger partial charge in [0.05, 0.1) is 30.7 Å². The van der Waals surface area contributed by atoms with E-state index in [0.29, 0.717) is 19.0 Å². The second-order valence-corrected chi connectivity index (χ2v) is 16.4. The van der Waals surface area contributed by atoms with E-state index >= 15 is 0 Å². The molecule has 1 atom stereocenters. The lowest BCUT2D eigenvalue weighted by atomic mass is 9.89. The van der Waals surface area contributed by atoms with E-state index in [4.69, 9.17) is 25.2 Å². The third kappa shape index (κ3) is 10.4. The Morgan fingerprint density at radius 1 is 0.982 bits per heavy atom. The van der Waals surface area contributed by atoms with Crippen LogP contribution in [0.2, 0.25) is 0 Å². The SMILES string of the molecule is C=CC(C)(COCC(C)(C)CC(=O)Oc1c(F)c(F)cc(F)c1F)CN1CCN(c2ccc3nc(N)c4nc(CCCC)n(CCCCN(C)C)c4c3c2)CC1. The van der Waals surface area contributed by atoms with Crippen LogP contribution in [0.15, 0.2) is 36.9 Å². The third-order valence-electron chi connectivity index (χ3n) is 10.4. The molecular weight excluding hydrogens is 726 g/mol. The fourth-order valence-corrected chi connectivity index (χ4v) is 7.24. The van der Waals surface area contributed by atoms with Crippen LogP contribution in [-0.4, -0.2) is 96.9 Å². The van der Waals surface area contributed by atoms with Crippen LogP contribution in [0.5, 0.6) is 5.75 Å². The Bertz CT molecular complexity index is 1990. The van der Waals surface area contributed by atoms with Gasteiger partial charge in [-0.1, -0.05) is 40.2 Å². The molecule has 0 spiro atoms. The molecular formula is C42H57F4N7O3. The fraction of sp³-hybridized carbons (Fsp3) is 0.548. The van der Waals surface area contributed by atoms with Crippen molar-refractivity contribution in [1.82, 2.24) is 24.3 Å². The van der Waals surface area contributed by atoms with Crippen LogP contribution in [0.25, 0.3) is 21.9 Å². The molecule has 0 bridgehead atoms. The van der Waals surface area contributed by atoms with Crippen molar-refractivity contribution in [3.63, 3.8) is 0 Å². The zero-order valence-electron chi connectivity index (χ0n) is 33.7. The van der Waals surface area contributed by atoms with Crippen LogP contribution >= 0.6 is 0 Å². The maximum absolute atomic E-state index is 14.0. The number of nitrogens with zero attached hydrogens (tertiary/aromatic N) is 6. The van der Waals surface area contributed by atoms with Gasteiger partial charge in [0.1, 0.15) is 11.3 Å². The Balaban J connectivity index is 1.20. The number of hydrogen-bond acceptors (Lipinski definition) is 9. The van der Waals surface area contributed by atoms with Crippen LogP contribution in [0, 0.1) is 34.1 Å². The Morgan fingerprint density at radius 2 is 1.68 bits per heavy atom. The molecule has 0 radical (unpaired) electrons. The predicted molar refractivity (Wildman–Crippen MR) is 214 cm³/mol. The molecule has 4 aromatic rings. The second kappa shape index (κ2) is 18.3. The van der Waals surface area contributed by atoms with Gasteiger partial charge in [0.15, 0.2) is 17.5 Å². The van der Waals surface area contributed by atoms with E-state index in [1.54, 1.807) is 13.8 Å². The third-order valence-corrected chi connectivity index (χ3v) is 10.4. The molecule has 0 saturated carbocycles. The molecule has 2 aromatic carbocycles. The summed E-state index contributed by atoms with van der Waals surface area (Å²) in [5.74, 6) is -7.74.